The molecule has 0 heterocycles. The number of hydrogen-bond acceptors (Lipinski definition) is 1. The fourth-order valence-electron chi connectivity index (χ4n) is 4.27. The molecule has 2 aliphatic carbocycles. The van der Waals surface area contributed by atoms with E-state index in [9.17, 15) is 4.79 Å². The Hall–Kier alpha value is -0.0365. The fourth-order valence-corrected chi connectivity index (χ4v) is 4.27. The molecule has 0 bridgehead atoms. The van der Waals surface area contributed by atoms with Crippen LogP contribution in [0.4, 0.5) is 0 Å². The van der Waals surface area contributed by atoms with Gasteiger partial charge in [0.05, 0.1) is 0 Å². The quantitative estimate of drug-likeness (QED) is 0.752. The van der Waals surface area contributed by atoms with Crippen LogP contribution >= 0.6 is 0 Å². The van der Waals surface area contributed by atoms with Gasteiger partial charge in [-0.05, 0) is 24.2 Å². The van der Waals surface area contributed by atoms with Gasteiger partial charge in [0.2, 0.25) is 0 Å². The van der Waals surface area contributed by atoms with Crippen LogP contribution in [0.5, 0.6) is 0 Å². The minimum atomic E-state index is -0.605. The van der Waals surface area contributed by atoms with Crippen molar-refractivity contribution in [2.24, 2.45) is 17.8 Å². The van der Waals surface area contributed by atoms with Crippen molar-refractivity contribution in [1.82, 2.24) is 0 Å². The minimum Gasteiger partial charge on any atom is -0.481 e. The van der Waals surface area contributed by atoms with E-state index in [-0.39, 0.29) is 16.5 Å². The van der Waals surface area contributed by atoms with E-state index in [0.717, 1.165) is 18.3 Å². The standard InChI is InChI=1S/C16H28O2.Ni/c17-16(18)12-11-15(13-7-3-1-4-8-13)14-9-5-2-6-10-14;/h13-15H,1-12H2,(H,17,18);. The summed E-state index contributed by atoms with van der Waals surface area (Å²) in [5.74, 6) is 1.77. The maximum absolute atomic E-state index is 10.9. The summed E-state index contributed by atoms with van der Waals surface area (Å²) in [5, 5.41) is 8.96. The molecular weight excluding hydrogens is 283 g/mol. The van der Waals surface area contributed by atoms with Gasteiger partial charge >= 0.3 is 5.97 Å². The van der Waals surface area contributed by atoms with Crippen LogP contribution in [0.1, 0.15) is 77.0 Å². The molecule has 0 unspecified atom stereocenters. The molecule has 3 heteroatoms. The molecule has 2 saturated carbocycles. The molecule has 1 N–H and O–H groups in total. The average Bonchev–Trinajstić information content (AvgIpc) is 2.41. The normalized spacial score (nSPS) is 22.2. The third kappa shape index (κ3) is 5.46. The maximum Gasteiger partial charge on any atom is 0.303 e. The smallest absolute Gasteiger partial charge is 0.303 e. The van der Waals surface area contributed by atoms with E-state index in [4.69, 9.17) is 5.11 Å². The third-order valence-electron chi connectivity index (χ3n) is 5.20. The van der Waals surface area contributed by atoms with Crippen molar-refractivity contribution in [1.29, 1.82) is 0 Å². The molecule has 2 nitrogen and oxygen atoms in total. The van der Waals surface area contributed by atoms with Crippen LogP contribution in [-0.4, -0.2) is 11.1 Å². The van der Waals surface area contributed by atoms with E-state index in [1.165, 1.54) is 64.2 Å². The molecule has 0 spiro atoms. The van der Waals surface area contributed by atoms with Gasteiger partial charge in [-0.1, -0.05) is 64.2 Å². The summed E-state index contributed by atoms with van der Waals surface area (Å²) in [7, 11) is 0. The predicted octanol–water partition coefficient (Wildman–Crippen LogP) is 4.63. The molecule has 2 rings (SSSR count). The number of carboxylic acids is 1. The number of carbonyl (C=O) groups is 1. The zero-order valence-electron chi connectivity index (χ0n) is 11.9. The molecule has 2 fully saturated rings. The van der Waals surface area contributed by atoms with Crippen molar-refractivity contribution in [3.8, 4) is 0 Å². The van der Waals surface area contributed by atoms with Gasteiger partial charge in [-0.3, -0.25) is 4.79 Å². The molecule has 0 radical (unpaired) electrons. The Morgan fingerprint density at radius 2 is 1.32 bits per heavy atom. The molecular formula is C16H28NiO2. The maximum atomic E-state index is 10.9. The van der Waals surface area contributed by atoms with Crippen molar-refractivity contribution in [2.45, 2.75) is 77.0 Å². The molecule has 0 amide bonds. The van der Waals surface area contributed by atoms with Gasteiger partial charge in [-0.15, -0.1) is 0 Å². The van der Waals surface area contributed by atoms with Crippen molar-refractivity contribution in [2.75, 3.05) is 0 Å². The third-order valence-corrected chi connectivity index (χ3v) is 5.20. The zero-order valence-corrected chi connectivity index (χ0v) is 12.9. The second-order valence-corrected chi connectivity index (χ2v) is 6.39. The monoisotopic (exact) mass is 310 g/mol. The first-order chi connectivity index (χ1) is 8.77. The van der Waals surface area contributed by atoms with Crippen LogP contribution in [0, 0.1) is 17.8 Å². The van der Waals surface area contributed by atoms with Crippen LogP contribution in [0.15, 0.2) is 0 Å². The second kappa shape index (κ2) is 9.00. The zero-order chi connectivity index (χ0) is 12.8. The Morgan fingerprint density at radius 3 is 1.68 bits per heavy atom. The van der Waals surface area contributed by atoms with Crippen molar-refractivity contribution in [3.63, 3.8) is 0 Å². The van der Waals surface area contributed by atoms with Crippen molar-refractivity contribution < 1.29 is 26.4 Å². The Labute approximate surface area is 127 Å². The van der Waals surface area contributed by atoms with Crippen LogP contribution in [0.3, 0.4) is 0 Å². The first-order valence-electron chi connectivity index (χ1n) is 7.99. The van der Waals surface area contributed by atoms with Crippen molar-refractivity contribution in [3.05, 3.63) is 0 Å². The molecule has 2 aliphatic rings. The summed E-state index contributed by atoms with van der Waals surface area (Å²) >= 11 is 0. The molecule has 0 aliphatic heterocycles. The van der Waals surface area contributed by atoms with Gasteiger partial charge in [0.15, 0.2) is 0 Å². The fraction of sp³-hybridized carbons (Fsp3) is 0.938. The van der Waals surface area contributed by atoms with Crippen LogP contribution in [-0.2, 0) is 21.3 Å². The van der Waals surface area contributed by atoms with Crippen LogP contribution in [0.2, 0.25) is 0 Å². The van der Waals surface area contributed by atoms with E-state index in [0.29, 0.717) is 12.3 Å². The van der Waals surface area contributed by atoms with Gasteiger partial charge in [-0.2, -0.15) is 0 Å². The van der Waals surface area contributed by atoms with Gasteiger partial charge in [0.1, 0.15) is 0 Å². The summed E-state index contributed by atoms with van der Waals surface area (Å²) in [6, 6.07) is 0. The Balaban J connectivity index is 0.00000180. The molecule has 0 aromatic heterocycles. The average molecular weight is 311 g/mol. The number of hydrogen-bond donors (Lipinski definition) is 1. The molecule has 0 atom stereocenters. The summed E-state index contributed by atoms with van der Waals surface area (Å²) in [5.41, 5.74) is 0. The summed E-state index contributed by atoms with van der Waals surface area (Å²) < 4.78 is 0. The summed E-state index contributed by atoms with van der Waals surface area (Å²) in [6.45, 7) is 0. The predicted molar refractivity (Wildman–Crippen MR) is 73.5 cm³/mol. The number of carboxylic acid groups (broad SMARTS) is 1. The van der Waals surface area contributed by atoms with Gasteiger partial charge in [0.25, 0.3) is 0 Å². The summed E-state index contributed by atoms with van der Waals surface area (Å²) in [6.07, 6.45) is 15.1. The molecule has 0 aromatic carbocycles. The second-order valence-electron chi connectivity index (χ2n) is 6.39. The SMILES string of the molecule is O=C(O)CCC(C1CCCCC1)C1CCCCC1.[Ni]. The van der Waals surface area contributed by atoms with E-state index in [1.807, 2.05) is 0 Å². The van der Waals surface area contributed by atoms with Crippen LogP contribution < -0.4 is 0 Å². The largest absolute Gasteiger partial charge is 0.481 e. The Kier molecular flexibility index (Phi) is 8.06. The van der Waals surface area contributed by atoms with Gasteiger partial charge < -0.3 is 5.11 Å². The minimum absolute atomic E-state index is 0. The van der Waals surface area contributed by atoms with Gasteiger partial charge in [0, 0.05) is 22.9 Å². The van der Waals surface area contributed by atoms with Crippen molar-refractivity contribution >= 4 is 5.97 Å². The molecule has 0 saturated heterocycles. The first-order valence-corrected chi connectivity index (χ1v) is 7.99. The molecule has 19 heavy (non-hydrogen) atoms. The summed E-state index contributed by atoms with van der Waals surface area (Å²) in [4.78, 5) is 10.9. The topological polar surface area (TPSA) is 37.3 Å². The van der Waals surface area contributed by atoms with Crippen LogP contribution in [0.25, 0.3) is 0 Å². The van der Waals surface area contributed by atoms with E-state index in [2.05, 4.69) is 0 Å². The molecule has 114 valence electrons. The van der Waals surface area contributed by atoms with Gasteiger partial charge in [-0.25, -0.2) is 0 Å². The number of rotatable bonds is 5. The van der Waals surface area contributed by atoms with E-state index >= 15 is 0 Å². The van der Waals surface area contributed by atoms with E-state index in [1.54, 1.807) is 0 Å². The van der Waals surface area contributed by atoms with E-state index < -0.39 is 5.97 Å². The first kappa shape index (κ1) is 17.0. The molecule has 0 aromatic rings. The Morgan fingerprint density at radius 1 is 0.895 bits per heavy atom. The Bertz CT molecular complexity index is 237. The number of aliphatic carboxylic acids is 1.